The summed E-state index contributed by atoms with van der Waals surface area (Å²) in [5.41, 5.74) is 9.31. The number of fused-ring (bicyclic) bond motifs is 1. The highest BCUT2D eigenvalue weighted by Crippen LogP contribution is 2.38. The summed E-state index contributed by atoms with van der Waals surface area (Å²) in [6.07, 6.45) is 0.859. The van der Waals surface area contributed by atoms with Crippen molar-refractivity contribution in [3.05, 3.63) is 71.0 Å². The predicted molar refractivity (Wildman–Crippen MR) is 78.7 cm³/mol. The molecule has 0 saturated heterocycles. The molecule has 0 fully saturated rings. The molecule has 3 unspecified atom stereocenters. The lowest BCUT2D eigenvalue weighted by Crippen LogP contribution is -2.24. The highest BCUT2D eigenvalue weighted by atomic mass is 19.1. The lowest BCUT2D eigenvalue weighted by atomic mass is 10.0. The van der Waals surface area contributed by atoms with Crippen LogP contribution in [0.4, 0.5) is 4.39 Å². The molecule has 1 aliphatic carbocycles. The molecule has 3 rings (SSSR count). The summed E-state index contributed by atoms with van der Waals surface area (Å²) in [4.78, 5) is 0. The van der Waals surface area contributed by atoms with Crippen LogP contribution in [0.3, 0.4) is 0 Å². The molecular formula is C17H19FN2. The molecule has 0 amide bonds. The zero-order valence-electron chi connectivity index (χ0n) is 11.5. The number of hydrogen-bond donors (Lipinski definition) is 2. The Morgan fingerprint density at radius 1 is 1.10 bits per heavy atom. The number of nitrogens with one attached hydrogen (secondary N) is 1. The number of nitrogens with two attached hydrogens (primary N) is 1. The van der Waals surface area contributed by atoms with E-state index in [2.05, 4.69) is 17.4 Å². The molecule has 2 aromatic carbocycles. The molecule has 0 bridgehead atoms. The van der Waals surface area contributed by atoms with Crippen LogP contribution in [0, 0.1) is 5.82 Å². The van der Waals surface area contributed by atoms with Gasteiger partial charge in [-0.1, -0.05) is 42.5 Å². The van der Waals surface area contributed by atoms with Crippen LogP contribution in [0.5, 0.6) is 0 Å². The maximum absolute atomic E-state index is 13.8. The molecule has 2 aromatic rings. The van der Waals surface area contributed by atoms with Crippen molar-refractivity contribution in [3.8, 4) is 0 Å². The van der Waals surface area contributed by atoms with Crippen molar-refractivity contribution in [1.29, 1.82) is 0 Å². The Morgan fingerprint density at radius 3 is 2.50 bits per heavy atom. The lowest BCUT2D eigenvalue weighted by molar-refractivity contribution is 0.434. The summed E-state index contributed by atoms with van der Waals surface area (Å²) in [5.74, 6) is -0.164. The normalized spacial score (nSPS) is 22.6. The summed E-state index contributed by atoms with van der Waals surface area (Å²) in [6, 6.07) is 15.4. The zero-order valence-corrected chi connectivity index (χ0v) is 11.5. The quantitative estimate of drug-likeness (QED) is 0.894. The van der Waals surface area contributed by atoms with Crippen LogP contribution in [-0.4, -0.2) is 0 Å². The first-order chi connectivity index (χ1) is 9.66. The molecule has 20 heavy (non-hydrogen) atoms. The van der Waals surface area contributed by atoms with Gasteiger partial charge in [-0.05, 0) is 30.5 Å². The smallest absolute Gasteiger partial charge is 0.127 e. The zero-order chi connectivity index (χ0) is 14.1. The Labute approximate surface area is 118 Å². The van der Waals surface area contributed by atoms with Crippen LogP contribution in [0.2, 0.25) is 0 Å². The fourth-order valence-electron chi connectivity index (χ4n) is 3.05. The van der Waals surface area contributed by atoms with E-state index in [-0.39, 0.29) is 23.9 Å². The van der Waals surface area contributed by atoms with Crippen LogP contribution in [0.15, 0.2) is 48.5 Å². The second-order valence-corrected chi connectivity index (χ2v) is 5.43. The van der Waals surface area contributed by atoms with Crippen molar-refractivity contribution in [2.45, 2.75) is 31.5 Å². The molecule has 0 aliphatic heterocycles. The molecule has 3 atom stereocenters. The Balaban J connectivity index is 1.81. The van der Waals surface area contributed by atoms with Gasteiger partial charge in [0, 0.05) is 23.7 Å². The van der Waals surface area contributed by atoms with E-state index in [1.54, 1.807) is 6.07 Å². The van der Waals surface area contributed by atoms with Crippen LogP contribution in [-0.2, 0) is 0 Å². The average molecular weight is 270 g/mol. The van der Waals surface area contributed by atoms with E-state index in [1.165, 1.54) is 17.2 Å². The molecule has 104 valence electrons. The van der Waals surface area contributed by atoms with Gasteiger partial charge in [0.2, 0.25) is 0 Å². The minimum Gasteiger partial charge on any atom is -0.324 e. The fourth-order valence-corrected chi connectivity index (χ4v) is 3.05. The molecule has 0 heterocycles. The van der Waals surface area contributed by atoms with Gasteiger partial charge in [-0.3, -0.25) is 0 Å². The van der Waals surface area contributed by atoms with Crippen molar-refractivity contribution in [1.82, 2.24) is 5.32 Å². The SMILES string of the molecule is CC(NC1CC(N)c2ccccc21)c1ccccc1F. The third-order valence-electron chi connectivity index (χ3n) is 4.08. The van der Waals surface area contributed by atoms with Crippen LogP contribution < -0.4 is 11.1 Å². The van der Waals surface area contributed by atoms with Gasteiger partial charge < -0.3 is 11.1 Å². The Hall–Kier alpha value is -1.71. The van der Waals surface area contributed by atoms with Crippen molar-refractivity contribution >= 4 is 0 Å². The van der Waals surface area contributed by atoms with Gasteiger partial charge in [-0.2, -0.15) is 0 Å². The molecule has 1 aliphatic rings. The molecule has 0 saturated carbocycles. The van der Waals surface area contributed by atoms with Gasteiger partial charge in [0.15, 0.2) is 0 Å². The van der Waals surface area contributed by atoms with Crippen LogP contribution >= 0.6 is 0 Å². The minimum atomic E-state index is -0.164. The third-order valence-corrected chi connectivity index (χ3v) is 4.08. The predicted octanol–water partition coefficient (Wildman–Crippen LogP) is 3.62. The van der Waals surface area contributed by atoms with Gasteiger partial charge in [0.05, 0.1) is 0 Å². The van der Waals surface area contributed by atoms with Crippen LogP contribution in [0.1, 0.15) is 48.2 Å². The van der Waals surface area contributed by atoms with E-state index in [4.69, 9.17) is 5.73 Å². The summed E-state index contributed by atoms with van der Waals surface area (Å²) in [6.45, 7) is 1.99. The highest BCUT2D eigenvalue weighted by molar-refractivity contribution is 5.37. The minimum absolute atomic E-state index is 0.0421. The van der Waals surface area contributed by atoms with E-state index >= 15 is 0 Å². The number of halogens is 1. The molecular weight excluding hydrogens is 251 g/mol. The van der Waals surface area contributed by atoms with Crippen molar-refractivity contribution in [3.63, 3.8) is 0 Å². The van der Waals surface area contributed by atoms with Crippen molar-refractivity contribution < 1.29 is 4.39 Å². The maximum Gasteiger partial charge on any atom is 0.127 e. The van der Waals surface area contributed by atoms with Gasteiger partial charge in [-0.25, -0.2) is 4.39 Å². The van der Waals surface area contributed by atoms with E-state index in [1.807, 2.05) is 31.2 Å². The topological polar surface area (TPSA) is 38.0 Å². The molecule has 0 spiro atoms. The first-order valence-electron chi connectivity index (χ1n) is 7.01. The molecule has 3 heteroatoms. The number of hydrogen-bond acceptors (Lipinski definition) is 2. The second kappa shape index (κ2) is 5.35. The lowest BCUT2D eigenvalue weighted by Gasteiger charge is -2.21. The molecule has 0 radical (unpaired) electrons. The Kier molecular flexibility index (Phi) is 3.55. The standard InChI is InChI=1S/C17H19FN2/c1-11(12-6-4-5-9-15(12)18)20-17-10-16(19)13-7-2-3-8-14(13)17/h2-9,11,16-17,20H,10,19H2,1H3. The summed E-state index contributed by atoms with van der Waals surface area (Å²) >= 11 is 0. The fraction of sp³-hybridized carbons (Fsp3) is 0.294. The first-order valence-corrected chi connectivity index (χ1v) is 7.01. The number of rotatable bonds is 3. The summed E-state index contributed by atoms with van der Waals surface area (Å²) in [7, 11) is 0. The highest BCUT2D eigenvalue weighted by Gasteiger charge is 2.29. The molecule has 2 nitrogen and oxygen atoms in total. The van der Waals surface area contributed by atoms with Gasteiger partial charge in [-0.15, -0.1) is 0 Å². The van der Waals surface area contributed by atoms with E-state index in [9.17, 15) is 4.39 Å². The van der Waals surface area contributed by atoms with E-state index < -0.39 is 0 Å². The second-order valence-electron chi connectivity index (χ2n) is 5.43. The van der Waals surface area contributed by atoms with Gasteiger partial charge >= 0.3 is 0 Å². The number of benzene rings is 2. The Bertz CT molecular complexity index is 611. The maximum atomic E-state index is 13.8. The third kappa shape index (κ3) is 2.35. The molecule has 3 N–H and O–H groups in total. The average Bonchev–Trinajstić information content (AvgIpc) is 2.76. The van der Waals surface area contributed by atoms with Gasteiger partial charge in [0.1, 0.15) is 5.82 Å². The van der Waals surface area contributed by atoms with Crippen molar-refractivity contribution in [2.75, 3.05) is 0 Å². The Morgan fingerprint density at radius 2 is 1.75 bits per heavy atom. The van der Waals surface area contributed by atoms with E-state index in [0.717, 1.165) is 6.42 Å². The monoisotopic (exact) mass is 270 g/mol. The largest absolute Gasteiger partial charge is 0.324 e. The van der Waals surface area contributed by atoms with Crippen molar-refractivity contribution in [2.24, 2.45) is 5.73 Å². The van der Waals surface area contributed by atoms with Crippen LogP contribution in [0.25, 0.3) is 0 Å². The summed E-state index contributed by atoms with van der Waals surface area (Å²) < 4.78 is 13.8. The summed E-state index contributed by atoms with van der Waals surface area (Å²) in [5, 5.41) is 3.50. The first kappa shape index (κ1) is 13.3. The van der Waals surface area contributed by atoms with Gasteiger partial charge in [0.25, 0.3) is 0 Å². The van der Waals surface area contributed by atoms with E-state index in [0.29, 0.717) is 5.56 Å². The molecule has 0 aromatic heterocycles.